The Labute approximate surface area is 200 Å². The fraction of sp³-hybridized carbons (Fsp3) is 0.308. The van der Waals surface area contributed by atoms with Crippen LogP contribution >= 0.6 is 0 Å². The average Bonchev–Trinajstić information content (AvgIpc) is 3.38. The Bertz CT molecular complexity index is 1190. The van der Waals surface area contributed by atoms with Gasteiger partial charge in [0.05, 0.1) is 5.56 Å². The molecule has 2 saturated heterocycles. The molecular weight excluding hydrogens is 457 g/mol. The van der Waals surface area contributed by atoms with Crippen LogP contribution in [0.2, 0.25) is 0 Å². The highest BCUT2D eigenvalue weighted by Crippen LogP contribution is 2.32. The second-order valence-electron chi connectivity index (χ2n) is 8.93. The molecule has 2 fully saturated rings. The van der Waals surface area contributed by atoms with Crippen molar-refractivity contribution in [1.29, 1.82) is 0 Å². The van der Waals surface area contributed by atoms with E-state index in [4.69, 9.17) is 0 Å². The number of nitrogens with one attached hydrogen (secondary N) is 1. The lowest BCUT2D eigenvalue weighted by Crippen LogP contribution is -2.64. The van der Waals surface area contributed by atoms with Crippen LogP contribution in [0, 0.1) is 0 Å². The molecule has 0 bridgehead atoms. The highest BCUT2D eigenvalue weighted by atomic mass is 19.4. The molecule has 0 radical (unpaired) electrons. The number of nitrogens with zero attached hydrogens (tertiary/aromatic N) is 3. The van der Waals surface area contributed by atoms with Crippen molar-refractivity contribution in [3.63, 3.8) is 0 Å². The number of hydrogen-bond donors (Lipinski definition) is 1. The van der Waals surface area contributed by atoms with Gasteiger partial charge in [-0.25, -0.2) is 0 Å². The number of halogens is 3. The van der Waals surface area contributed by atoms with Crippen LogP contribution in [0.3, 0.4) is 0 Å². The molecule has 0 aliphatic carbocycles. The van der Waals surface area contributed by atoms with Crippen LogP contribution in [0.5, 0.6) is 0 Å². The number of benzene rings is 2. The van der Waals surface area contributed by atoms with Gasteiger partial charge in [0, 0.05) is 57.1 Å². The molecule has 1 N–H and O–H groups in total. The van der Waals surface area contributed by atoms with Gasteiger partial charge in [-0.2, -0.15) is 13.2 Å². The van der Waals surface area contributed by atoms with Crippen molar-refractivity contribution in [1.82, 2.24) is 19.7 Å². The topological polar surface area (TPSA) is 59.7 Å². The van der Waals surface area contributed by atoms with E-state index >= 15 is 0 Å². The first-order chi connectivity index (χ1) is 16.8. The largest absolute Gasteiger partial charge is 0.416 e. The van der Waals surface area contributed by atoms with Crippen molar-refractivity contribution in [2.45, 2.75) is 12.2 Å². The molecule has 3 aromatic rings. The molecule has 0 atom stereocenters. The van der Waals surface area contributed by atoms with E-state index in [9.17, 15) is 22.8 Å². The smallest absolute Gasteiger partial charge is 0.357 e. The average molecular weight is 483 g/mol. The number of likely N-dealkylation sites (tertiary alicyclic amines) is 1. The monoisotopic (exact) mass is 482 g/mol. The van der Waals surface area contributed by atoms with Crippen molar-refractivity contribution in [3.8, 4) is 11.1 Å². The Morgan fingerprint density at radius 2 is 1.51 bits per heavy atom. The van der Waals surface area contributed by atoms with Gasteiger partial charge in [-0.15, -0.1) is 0 Å². The van der Waals surface area contributed by atoms with E-state index in [1.54, 1.807) is 53.6 Å². The molecule has 35 heavy (non-hydrogen) atoms. The highest BCUT2D eigenvalue weighted by Gasteiger charge is 2.37. The Hall–Kier alpha value is -3.59. The minimum absolute atomic E-state index is 0.00800. The minimum Gasteiger partial charge on any atom is -0.357 e. The lowest BCUT2D eigenvalue weighted by molar-refractivity contribution is -0.137. The van der Waals surface area contributed by atoms with Crippen molar-refractivity contribution in [3.05, 3.63) is 83.7 Å². The van der Waals surface area contributed by atoms with Gasteiger partial charge in [0.2, 0.25) is 0 Å². The van der Waals surface area contributed by atoms with Gasteiger partial charge < -0.3 is 14.8 Å². The van der Waals surface area contributed by atoms with Crippen LogP contribution in [0.4, 0.5) is 13.2 Å². The summed E-state index contributed by atoms with van der Waals surface area (Å²) in [4.78, 5) is 34.2. The van der Waals surface area contributed by atoms with E-state index in [1.807, 2.05) is 4.90 Å². The van der Waals surface area contributed by atoms with Crippen LogP contribution in [0.15, 0.2) is 66.9 Å². The van der Waals surface area contributed by atoms with Crippen molar-refractivity contribution in [2.24, 2.45) is 0 Å². The fourth-order valence-corrected chi connectivity index (χ4v) is 4.64. The fourth-order valence-electron chi connectivity index (χ4n) is 4.64. The van der Waals surface area contributed by atoms with Crippen LogP contribution in [0.1, 0.15) is 26.4 Å². The molecule has 0 saturated carbocycles. The quantitative estimate of drug-likeness (QED) is 0.612. The molecule has 5 rings (SSSR count). The second kappa shape index (κ2) is 9.22. The number of alkyl halides is 3. The standard InChI is InChI=1S/C26H25F3N4O2/c27-26(28,29)21-4-1-3-20(15-21)18-6-8-19(9-7-18)24(34)32-13-11-31(12-14-32)22-16-33(17-22)25(35)23-5-2-10-30-23/h1-10,15,22,30H,11-14,16-17H2. The number of rotatable bonds is 4. The second-order valence-corrected chi connectivity index (χ2v) is 8.93. The van der Waals surface area contributed by atoms with Gasteiger partial charge in [0.1, 0.15) is 5.69 Å². The summed E-state index contributed by atoms with van der Waals surface area (Å²) in [6.07, 6.45) is -2.66. The molecule has 2 aromatic carbocycles. The molecule has 6 nitrogen and oxygen atoms in total. The zero-order valence-electron chi connectivity index (χ0n) is 19.0. The number of carbonyl (C=O) groups excluding carboxylic acids is 2. The first-order valence-corrected chi connectivity index (χ1v) is 11.5. The summed E-state index contributed by atoms with van der Waals surface area (Å²) in [5.74, 6) is -0.0777. The third-order valence-electron chi connectivity index (χ3n) is 6.75. The maximum Gasteiger partial charge on any atom is 0.416 e. The Balaban J connectivity index is 1.14. The Morgan fingerprint density at radius 1 is 0.800 bits per heavy atom. The van der Waals surface area contributed by atoms with E-state index in [2.05, 4.69) is 9.88 Å². The number of H-pyrrole nitrogens is 1. The van der Waals surface area contributed by atoms with Gasteiger partial charge in [-0.1, -0.05) is 24.3 Å². The first kappa shape index (κ1) is 23.2. The molecule has 182 valence electrons. The van der Waals surface area contributed by atoms with E-state index in [0.717, 1.165) is 25.2 Å². The summed E-state index contributed by atoms with van der Waals surface area (Å²) in [6, 6.07) is 15.7. The van der Waals surface area contributed by atoms with Crippen LogP contribution in [-0.2, 0) is 6.18 Å². The van der Waals surface area contributed by atoms with Crippen LogP contribution in [-0.4, -0.2) is 76.8 Å². The Morgan fingerprint density at radius 3 is 2.14 bits per heavy atom. The van der Waals surface area contributed by atoms with E-state index in [-0.39, 0.29) is 11.8 Å². The Kier molecular flexibility index (Phi) is 6.10. The molecule has 2 aliphatic rings. The number of aromatic amines is 1. The SMILES string of the molecule is O=C(c1ccc(-c2cccc(C(F)(F)F)c2)cc1)N1CCN(C2CN(C(=O)c3ccc[nH]3)C2)CC1. The lowest BCUT2D eigenvalue weighted by Gasteiger charge is -2.48. The zero-order chi connectivity index (χ0) is 24.6. The summed E-state index contributed by atoms with van der Waals surface area (Å²) in [5.41, 5.74) is 1.49. The van der Waals surface area contributed by atoms with Crippen molar-refractivity contribution < 1.29 is 22.8 Å². The number of carbonyl (C=O) groups is 2. The van der Waals surface area contributed by atoms with Gasteiger partial charge >= 0.3 is 6.18 Å². The summed E-state index contributed by atoms with van der Waals surface area (Å²) >= 11 is 0. The van der Waals surface area contributed by atoms with Crippen molar-refractivity contribution in [2.75, 3.05) is 39.3 Å². The van der Waals surface area contributed by atoms with Gasteiger partial charge in [-0.05, 0) is 47.5 Å². The molecule has 3 heterocycles. The maximum atomic E-state index is 13.0. The normalized spacial score (nSPS) is 17.3. The predicted molar refractivity (Wildman–Crippen MR) is 125 cm³/mol. The highest BCUT2D eigenvalue weighted by molar-refractivity contribution is 5.95. The van der Waals surface area contributed by atoms with Crippen LogP contribution in [0.25, 0.3) is 11.1 Å². The summed E-state index contributed by atoms with van der Waals surface area (Å²) in [5, 5.41) is 0. The predicted octanol–water partition coefficient (Wildman–Crippen LogP) is 3.98. The third kappa shape index (κ3) is 4.81. The minimum atomic E-state index is -4.40. The summed E-state index contributed by atoms with van der Waals surface area (Å²) < 4.78 is 39.0. The molecular formula is C26H25F3N4O2. The molecule has 2 aliphatic heterocycles. The van der Waals surface area contributed by atoms with Crippen LogP contribution < -0.4 is 0 Å². The van der Waals surface area contributed by atoms with Gasteiger partial charge in [0.15, 0.2) is 0 Å². The van der Waals surface area contributed by atoms with Crippen molar-refractivity contribution >= 4 is 11.8 Å². The molecule has 9 heteroatoms. The molecule has 0 spiro atoms. The van der Waals surface area contributed by atoms with E-state index in [0.29, 0.717) is 54.6 Å². The number of aromatic nitrogens is 1. The zero-order valence-corrected chi connectivity index (χ0v) is 19.0. The van der Waals surface area contributed by atoms with Gasteiger partial charge in [0.25, 0.3) is 11.8 Å². The summed E-state index contributed by atoms with van der Waals surface area (Å²) in [6.45, 7) is 4.03. The molecule has 1 aromatic heterocycles. The number of amides is 2. The lowest BCUT2D eigenvalue weighted by atomic mass is 10.0. The third-order valence-corrected chi connectivity index (χ3v) is 6.75. The number of piperazine rings is 1. The van der Waals surface area contributed by atoms with Gasteiger partial charge in [-0.3, -0.25) is 14.5 Å². The molecule has 2 amide bonds. The maximum absolute atomic E-state index is 13.0. The molecule has 0 unspecified atom stereocenters. The van der Waals surface area contributed by atoms with E-state index < -0.39 is 11.7 Å². The first-order valence-electron chi connectivity index (χ1n) is 11.5. The van der Waals surface area contributed by atoms with E-state index in [1.165, 1.54) is 6.07 Å². The summed E-state index contributed by atoms with van der Waals surface area (Å²) in [7, 11) is 0. The number of hydrogen-bond acceptors (Lipinski definition) is 3.